The minimum atomic E-state index is -1.90. The topological polar surface area (TPSA) is 63.2 Å². The Morgan fingerprint density at radius 3 is 1.84 bits per heavy atom. The quantitative estimate of drug-likeness (QED) is 0.353. The van der Waals surface area contributed by atoms with Crippen LogP contribution in [0.2, 0.25) is 18.1 Å². The first-order valence-corrected chi connectivity index (χ1v) is 11.1. The Balaban J connectivity index is 3.11. The highest BCUT2D eigenvalue weighted by atomic mass is 28.4. The van der Waals surface area contributed by atoms with Crippen molar-refractivity contribution >= 4 is 14.6 Å². The molecule has 25 heavy (non-hydrogen) atoms. The lowest BCUT2D eigenvalue weighted by Crippen LogP contribution is -2.40. The zero-order chi connectivity index (χ0) is 19.1. The van der Waals surface area contributed by atoms with E-state index in [9.17, 15) is 4.79 Å². The lowest BCUT2D eigenvalue weighted by molar-refractivity contribution is 0.0447. The second kappa shape index (κ2) is 9.33. The Morgan fingerprint density at radius 2 is 1.48 bits per heavy atom. The van der Waals surface area contributed by atoms with Crippen LogP contribution in [0, 0.1) is 0 Å². The van der Waals surface area contributed by atoms with E-state index in [4.69, 9.17) is 23.4 Å². The summed E-state index contributed by atoms with van der Waals surface area (Å²) in [6.07, 6.45) is 0.703. The molecule has 7 heteroatoms. The van der Waals surface area contributed by atoms with Gasteiger partial charge >= 0.3 is 0 Å². The molecular weight excluding hydrogens is 340 g/mol. The molecule has 0 radical (unpaired) electrons. The lowest BCUT2D eigenvalue weighted by Gasteiger charge is -2.36. The smallest absolute Gasteiger partial charge is 0.192 e. The van der Waals surface area contributed by atoms with Crippen LogP contribution in [0.5, 0.6) is 11.5 Å². The van der Waals surface area contributed by atoms with Gasteiger partial charge < -0.3 is 23.4 Å². The number of carbonyl (C=O) groups is 1. The van der Waals surface area contributed by atoms with Gasteiger partial charge in [-0.05, 0) is 35.8 Å². The van der Waals surface area contributed by atoms with Crippen LogP contribution in [0.15, 0.2) is 12.1 Å². The molecule has 0 saturated carbocycles. The van der Waals surface area contributed by atoms with Crippen LogP contribution in [-0.2, 0) is 20.5 Å². The Hall–Kier alpha value is -1.41. The molecule has 1 aromatic rings. The molecule has 6 nitrogen and oxygen atoms in total. The summed E-state index contributed by atoms with van der Waals surface area (Å²) >= 11 is 0. The highest BCUT2D eigenvalue weighted by Gasteiger charge is 2.37. The van der Waals surface area contributed by atoms with Crippen LogP contribution in [0.4, 0.5) is 0 Å². The Morgan fingerprint density at radius 1 is 1.00 bits per heavy atom. The van der Waals surface area contributed by atoms with Crippen LogP contribution in [0.3, 0.4) is 0 Å². The van der Waals surface area contributed by atoms with E-state index >= 15 is 0 Å². The third-order valence-corrected chi connectivity index (χ3v) is 8.83. The molecule has 0 N–H and O–H groups in total. The van der Waals surface area contributed by atoms with E-state index in [1.54, 1.807) is 12.1 Å². The average Bonchev–Trinajstić information content (AvgIpc) is 2.54. The summed E-state index contributed by atoms with van der Waals surface area (Å²) in [5.41, 5.74) is 1.19. The summed E-state index contributed by atoms with van der Waals surface area (Å²) in [5.74, 6) is 0.804. The maximum atomic E-state index is 11.5. The molecule has 0 saturated heterocycles. The zero-order valence-electron chi connectivity index (χ0n) is 16.3. The van der Waals surface area contributed by atoms with E-state index in [0.717, 1.165) is 5.56 Å². The highest BCUT2D eigenvalue weighted by Crippen LogP contribution is 2.38. The minimum Gasteiger partial charge on any atom is -0.467 e. The van der Waals surface area contributed by atoms with Crippen molar-refractivity contribution in [3.8, 4) is 11.5 Å². The number of ether oxygens (including phenoxy) is 4. The number of hydrogen-bond acceptors (Lipinski definition) is 6. The third-order valence-electron chi connectivity index (χ3n) is 4.35. The summed E-state index contributed by atoms with van der Waals surface area (Å²) in [6, 6.07) is 3.57. The molecule has 0 aliphatic carbocycles. The maximum Gasteiger partial charge on any atom is 0.192 e. The molecule has 0 aromatic heterocycles. The van der Waals surface area contributed by atoms with Crippen molar-refractivity contribution in [2.45, 2.75) is 45.5 Å². The maximum absolute atomic E-state index is 11.5. The normalized spacial score (nSPS) is 12.1. The summed E-state index contributed by atoms with van der Waals surface area (Å²) in [5, 5.41) is 0.112. The van der Waals surface area contributed by atoms with Crippen molar-refractivity contribution in [2.75, 3.05) is 27.8 Å². The molecule has 0 aliphatic rings. The number of aldehydes is 1. The molecule has 1 rings (SSSR count). The number of carbonyl (C=O) groups excluding carboxylic acids is 1. The number of hydrogen-bond donors (Lipinski definition) is 0. The van der Waals surface area contributed by atoms with Crippen LogP contribution < -0.4 is 9.47 Å². The molecule has 0 heterocycles. The van der Waals surface area contributed by atoms with Gasteiger partial charge in [0.15, 0.2) is 28.2 Å². The molecule has 0 spiro atoms. The second-order valence-corrected chi connectivity index (χ2v) is 12.1. The lowest BCUT2D eigenvalue weighted by atomic mass is 10.1. The fourth-order valence-corrected chi connectivity index (χ4v) is 2.78. The molecule has 142 valence electrons. The van der Waals surface area contributed by atoms with Gasteiger partial charge in [-0.2, -0.15) is 0 Å². The predicted octanol–water partition coefficient (Wildman–Crippen LogP) is 3.99. The van der Waals surface area contributed by atoms with E-state index < -0.39 is 8.32 Å². The fraction of sp³-hybridized carbons (Fsp3) is 0.611. The van der Waals surface area contributed by atoms with Crippen molar-refractivity contribution in [2.24, 2.45) is 0 Å². The van der Waals surface area contributed by atoms with Gasteiger partial charge in [-0.25, -0.2) is 0 Å². The number of rotatable bonds is 10. The first-order chi connectivity index (χ1) is 11.7. The van der Waals surface area contributed by atoms with Crippen molar-refractivity contribution in [3.05, 3.63) is 23.3 Å². The van der Waals surface area contributed by atoms with Crippen molar-refractivity contribution in [1.82, 2.24) is 0 Å². The van der Waals surface area contributed by atoms with Gasteiger partial charge in [-0.15, -0.1) is 0 Å². The van der Waals surface area contributed by atoms with Gasteiger partial charge in [0.25, 0.3) is 0 Å². The largest absolute Gasteiger partial charge is 0.467 e. The fourth-order valence-electron chi connectivity index (χ4n) is 1.82. The van der Waals surface area contributed by atoms with Crippen LogP contribution >= 0.6 is 0 Å². The number of benzene rings is 1. The summed E-state index contributed by atoms with van der Waals surface area (Å²) < 4.78 is 27.2. The molecule has 1 aromatic carbocycles. The minimum absolute atomic E-state index is 0.0388. The standard InChI is InChI=1S/C18H30O6Si/c1-18(2,3)25(6,7)24-11-14-8-16(22-12-20-4)15(10-19)17(9-14)23-13-21-5/h8-10H,11-13H2,1-7H3. The number of methoxy groups -OCH3 is 2. The van der Waals surface area contributed by atoms with Crippen LogP contribution in [0.1, 0.15) is 36.7 Å². The van der Waals surface area contributed by atoms with E-state index in [1.807, 2.05) is 0 Å². The second-order valence-electron chi connectivity index (χ2n) is 7.27. The Labute approximate surface area is 151 Å². The summed E-state index contributed by atoms with van der Waals surface area (Å²) in [4.78, 5) is 11.5. The van der Waals surface area contributed by atoms with Gasteiger partial charge in [0.1, 0.15) is 11.5 Å². The summed E-state index contributed by atoms with van der Waals surface area (Å²) in [7, 11) is 1.15. The molecule has 0 fully saturated rings. The molecular formula is C18H30O6Si. The monoisotopic (exact) mass is 370 g/mol. The molecule has 0 amide bonds. The molecule has 0 bridgehead atoms. The van der Waals surface area contributed by atoms with E-state index in [1.165, 1.54) is 14.2 Å². The SMILES string of the molecule is COCOc1cc(CO[Si](C)(C)C(C)(C)C)cc(OCOC)c1C=O. The molecule has 0 unspecified atom stereocenters. The first-order valence-electron chi connectivity index (χ1n) is 8.15. The van der Waals surface area contributed by atoms with Gasteiger partial charge in [0.05, 0.1) is 12.2 Å². The van der Waals surface area contributed by atoms with Gasteiger partial charge in [-0.3, -0.25) is 4.79 Å². The Kier molecular flexibility index (Phi) is 8.07. The Bertz CT molecular complexity index is 536. The predicted molar refractivity (Wildman–Crippen MR) is 98.8 cm³/mol. The van der Waals surface area contributed by atoms with E-state index in [2.05, 4.69) is 33.9 Å². The van der Waals surface area contributed by atoms with E-state index in [0.29, 0.717) is 30.0 Å². The third kappa shape index (κ3) is 6.11. The van der Waals surface area contributed by atoms with Crippen molar-refractivity contribution in [1.29, 1.82) is 0 Å². The molecule has 0 aliphatic heterocycles. The van der Waals surface area contributed by atoms with Gasteiger partial charge in [0.2, 0.25) is 0 Å². The van der Waals surface area contributed by atoms with Crippen molar-refractivity contribution < 1.29 is 28.2 Å². The van der Waals surface area contributed by atoms with E-state index in [-0.39, 0.29) is 18.6 Å². The van der Waals surface area contributed by atoms with Crippen LogP contribution in [0.25, 0.3) is 0 Å². The average molecular weight is 371 g/mol. The van der Waals surface area contributed by atoms with Crippen LogP contribution in [-0.4, -0.2) is 42.4 Å². The van der Waals surface area contributed by atoms with Gasteiger partial charge in [-0.1, -0.05) is 20.8 Å². The molecule has 0 atom stereocenters. The zero-order valence-corrected chi connectivity index (χ0v) is 17.3. The highest BCUT2D eigenvalue weighted by molar-refractivity contribution is 6.74. The summed E-state index contributed by atoms with van der Waals surface area (Å²) in [6.45, 7) is 11.4. The first kappa shape index (κ1) is 21.6. The van der Waals surface area contributed by atoms with Gasteiger partial charge in [0, 0.05) is 14.2 Å². The van der Waals surface area contributed by atoms with Crippen molar-refractivity contribution in [3.63, 3.8) is 0 Å².